The van der Waals surface area contributed by atoms with Gasteiger partial charge in [0.15, 0.2) is 0 Å². The van der Waals surface area contributed by atoms with Crippen LogP contribution in [-0.2, 0) is 10.0 Å². The number of halogens is 1. The number of benzene rings is 1. The molecule has 1 aromatic carbocycles. The van der Waals surface area contributed by atoms with Gasteiger partial charge in [0, 0.05) is 6.04 Å². The van der Waals surface area contributed by atoms with E-state index < -0.39 is 27.4 Å². The molecule has 0 atom stereocenters. The normalized spacial score (nSPS) is 16.1. The maximum absolute atomic E-state index is 13.6. The van der Waals surface area contributed by atoms with Crippen LogP contribution in [0.15, 0.2) is 17.0 Å². The zero-order chi connectivity index (χ0) is 14.2. The van der Waals surface area contributed by atoms with Crippen molar-refractivity contribution in [1.29, 1.82) is 0 Å². The van der Waals surface area contributed by atoms with Crippen LogP contribution in [0.3, 0.4) is 0 Å². The summed E-state index contributed by atoms with van der Waals surface area (Å²) < 4.78 is 40.1. The Morgan fingerprint density at radius 3 is 2.53 bits per heavy atom. The molecule has 0 radical (unpaired) electrons. The monoisotopic (exact) mass is 287 g/mol. The minimum Gasteiger partial charge on any atom is -0.478 e. The topological polar surface area (TPSA) is 83.5 Å². The molecule has 1 aliphatic rings. The van der Waals surface area contributed by atoms with E-state index in [4.69, 9.17) is 5.11 Å². The first-order valence-electron chi connectivity index (χ1n) is 5.87. The average molecular weight is 287 g/mol. The fourth-order valence-corrected chi connectivity index (χ4v) is 3.28. The maximum atomic E-state index is 13.6. The van der Waals surface area contributed by atoms with E-state index in [2.05, 4.69) is 4.72 Å². The minimum atomic E-state index is -3.80. The summed E-state index contributed by atoms with van der Waals surface area (Å²) in [5.74, 6) is -2.39. The van der Waals surface area contributed by atoms with Crippen LogP contribution in [-0.4, -0.2) is 25.5 Å². The van der Waals surface area contributed by atoms with Gasteiger partial charge in [0.1, 0.15) is 5.82 Å². The number of aryl methyl sites for hydroxylation is 1. The molecule has 2 rings (SSSR count). The number of carbonyl (C=O) groups is 1. The van der Waals surface area contributed by atoms with Gasteiger partial charge in [-0.3, -0.25) is 0 Å². The summed E-state index contributed by atoms with van der Waals surface area (Å²) in [4.78, 5) is 10.7. The lowest BCUT2D eigenvalue weighted by Gasteiger charge is -2.26. The predicted molar refractivity (Wildman–Crippen MR) is 66.1 cm³/mol. The molecule has 0 unspecified atom stereocenters. The summed E-state index contributed by atoms with van der Waals surface area (Å²) in [7, 11) is -3.80. The van der Waals surface area contributed by atoms with Crippen LogP contribution in [0.1, 0.15) is 35.2 Å². The molecular formula is C12H14FNO4S. The van der Waals surface area contributed by atoms with Crippen molar-refractivity contribution in [2.24, 2.45) is 0 Å². The first-order chi connectivity index (χ1) is 8.81. The van der Waals surface area contributed by atoms with Crippen molar-refractivity contribution in [2.45, 2.75) is 37.1 Å². The average Bonchev–Trinajstić information content (AvgIpc) is 2.26. The molecule has 1 fully saturated rings. The summed E-state index contributed by atoms with van der Waals surface area (Å²) >= 11 is 0. The van der Waals surface area contributed by atoms with Crippen molar-refractivity contribution in [1.82, 2.24) is 4.72 Å². The zero-order valence-electron chi connectivity index (χ0n) is 10.3. The van der Waals surface area contributed by atoms with Gasteiger partial charge in [0.25, 0.3) is 0 Å². The van der Waals surface area contributed by atoms with E-state index in [1.807, 2.05) is 0 Å². The summed E-state index contributed by atoms with van der Waals surface area (Å²) in [6.07, 6.45) is 2.51. The van der Waals surface area contributed by atoms with Gasteiger partial charge >= 0.3 is 5.97 Å². The van der Waals surface area contributed by atoms with Crippen LogP contribution in [0.4, 0.5) is 4.39 Å². The van der Waals surface area contributed by atoms with E-state index >= 15 is 0 Å². The van der Waals surface area contributed by atoms with E-state index in [9.17, 15) is 17.6 Å². The number of sulfonamides is 1. The lowest BCUT2D eigenvalue weighted by Crippen LogP contribution is -2.39. The fourth-order valence-electron chi connectivity index (χ4n) is 1.86. The molecule has 7 heteroatoms. The zero-order valence-corrected chi connectivity index (χ0v) is 11.1. The number of hydrogen-bond donors (Lipinski definition) is 2. The first-order valence-corrected chi connectivity index (χ1v) is 7.35. The van der Waals surface area contributed by atoms with Crippen molar-refractivity contribution in [3.8, 4) is 0 Å². The summed E-state index contributed by atoms with van der Waals surface area (Å²) in [6.45, 7) is 1.34. The highest BCUT2D eigenvalue weighted by Crippen LogP contribution is 2.23. The third-order valence-electron chi connectivity index (χ3n) is 3.20. The fraction of sp³-hybridized carbons (Fsp3) is 0.417. The molecule has 0 aliphatic heterocycles. The lowest BCUT2D eigenvalue weighted by atomic mass is 9.94. The molecule has 0 saturated heterocycles. The van der Waals surface area contributed by atoms with E-state index in [0.29, 0.717) is 0 Å². The van der Waals surface area contributed by atoms with Gasteiger partial charge in [-0.2, -0.15) is 0 Å². The van der Waals surface area contributed by atoms with Crippen molar-refractivity contribution >= 4 is 16.0 Å². The van der Waals surface area contributed by atoms with E-state index in [-0.39, 0.29) is 16.5 Å². The number of rotatable bonds is 4. The van der Waals surface area contributed by atoms with Gasteiger partial charge in [-0.05, 0) is 37.5 Å². The molecule has 19 heavy (non-hydrogen) atoms. The number of carboxylic acids is 1. The molecule has 0 aromatic heterocycles. The molecule has 1 aliphatic carbocycles. The largest absolute Gasteiger partial charge is 0.478 e. The van der Waals surface area contributed by atoms with Crippen molar-refractivity contribution in [2.75, 3.05) is 0 Å². The van der Waals surface area contributed by atoms with E-state index in [0.717, 1.165) is 31.4 Å². The van der Waals surface area contributed by atoms with E-state index in [1.54, 1.807) is 0 Å². The summed E-state index contributed by atoms with van der Waals surface area (Å²) in [5, 5.41) is 8.86. The highest BCUT2D eigenvalue weighted by molar-refractivity contribution is 7.89. The molecule has 0 amide bonds. The standard InChI is InChI=1S/C12H14FNO4S/c1-7-5-9(6-10(11(7)13)12(15)16)19(17,18)14-8-3-2-4-8/h5-6,8,14H,2-4H2,1H3,(H,15,16). The molecule has 1 saturated carbocycles. The summed E-state index contributed by atoms with van der Waals surface area (Å²) in [5.41, 5.74) is -0.636. The van der Waals surface area contributed by atoms with Gasteiger partial charge in [-0.25, -0.2) is 22.3 Å². The number of hydrogen-bond acceptors (Lipinski definition) is 3. The third-order valence-corrected chi connectivity index (χ3v) is 4.70. The van der Waals surface area contributed by atoms with Crippen molar-refractivity contribution in [3.05, 3.63) is 29.1 Å². The van der Waals surface area contributed by atoms with Crippen molar-refractivity contribution < 1.29 is 22.7 Å². The molecule has 5 nitrogen and oxygen atoms in total. The highest BCUT2D eigenvalue weighted by atomic mass is 32.2. The van der Waals surface area contributed by atoms with Gasteiger partial charge in [-0.1, -0.05) is 6.42 Å². The molecule has 0 heterocycles. The predicted octanol–water partition coefficient (Wildman–Crippen LogP) is 1.66. The van der Waals surface area contributed by atoms with Gasteiger partial charge < -0.3 is 5.11 Å². The Morgan fingerprint density at radius 1 is 1.42 bits per heavy atom. The quantitative estimate of drug-likeness (QED) is 0.882. The first kappa shape index (κ1) is 14.0. The van der Waals surface area contributed by atoms with Crippen LogP contribution in [0.25, 0.3) is 0 Å². The Hall–Kier alpha value is -1.47. The Morgan fingerprint density at radius 2 is 2.05 bits per heavy atom. The summed E-state index contributed by atoms with van der Waals surface area (Å²) in [6, 6.07) is 1.89. The van der Waals surface area contributed by atoms with Gasteiger partial charge in [-0.15, -0.1) is 0 Å². The maximum Gasteiger partial charge on any atom is 0.338 e. The molecular weight excluding hydrogens is 273 g/mol. The number of nitrogens with one attached hydrogen (secondary N) is 1. The molecule has 2 N–H and O–H groups in total. The second-order valence-electron chi connectivity index (χ2n) is 4.66. The molecule has 0 spiro atoms. The van der Waals surface area contributed by atoms with Crippen LogP contribution in [0.2, 0.25) is 0 Å². The van der Waals surface area contributed by atoms with Gasteiger partial charge in [0.05, 0.1) is 10.5 Å². The highest BCUT2D eigenvalue weighted by Gasteiger charge is 2.26. The third kappa shape index (κ3) is 2.76. The molecule has 1 aromatic rings. The number of carboxylic acid groups (broad SMARTS) is 1. The smallest absolute Gasteiger partial charge is 0.338 e. The number of aromatic carboxylic acids is 1. The molecule has 0 bridgehead atoms. The SMILES string of the molecule is Cc1cc(S(=O)(=O)NC2CCC2)cc(C(=O)O)c1F. The van der Waals surface area contributed by atoms with Crippen LogP contribution < -0.4 is 4.72 Å². The van der Waals surface area contributed by atoms with Crippen LogP contribution in [0, 0.1) is 12.7 Å². The van der Waals surface area contributed by atoms with E-state index in [1.165, 1.54) is 6.92 Å². The Kier molecular flexibility index (Phi) is 3.60. The van der Waals surface area contributed by atoms with Gasteiger partial charge in [0.2, 0.25) is 10.0 Å². The second-order valence-corrected chi connectivity index (χ2v) is 6.37. The van der Waals surface area contributed by atoms with Crippen LogP contribution >= 0.6 is 0 Å². The lowest BCUT2D eigenvalue weighted by molar-refractivity contribution is 0.0691. The Bertz CT molecular complexity index is 623. The second kappa shape index (κ2) is 4.90. The van der Waals surface area contributed by atoms with Crippen LogP contribution in [0.5, 0.6) is 0 Å². The Labute approximate surface area is 110 Å². The Balaban J connectivity index is 2.41. The van der Waals surface area contributed by atoms with Crippen molar-refractivity contribution in [3.63, 3.8) is 0 Å². The minimum absolute atomic E-state index is 0.00566. The molecule has 104 valence electrons.